The molecule has 0 saturated heterocycles. The third-order valence-electron chi connectivity index (χ3n) is 5.77. The Morgan fingerprint density at radius 1 is 1.09 bits per heavy atom. The second-order valence-corrected chi connectivity index (χ2v) is 10.2. The highest BCUT2D eigenvalue weighted by Crippen LogP contribution is 2.42. The highest BCUT2D eigenvalue weighted by molar-refractivity contribution is 5.73. The van der Waals surface area contributed by atoms with Crippen molar-refractivity contribution in [2.45, 2.75) is 65.7 Å². The summed E-state index contributed by atoms with van der Waals surface area (Å²) in [5.41, 5.74) is 1.46. The number of benzene rings is 2. The molecule has 0 spiro atoms. The lowest BCUT2D eigenvalue weighted by molar-refractivity contribution is -0.110. The molecule has 1 aliphatic heterocycles. The van der Waals surface area contributed by atoms with Crippen LogP contribution in [-0.2, 0) is 22.6 Å². The van der Waals surface area contributed by atoms with Gasteiger partial charge in [-0.2, -0.15) is 0 Å². The lowest BCUT2D eigenvalue weighted by atomic mass is 9.84. The zero-order valence-corrected chi connectivity index (χ0v) is 21.3. The van der Waals surface area contributed by atoms with E-state index in [1.54, 1.807) is 20.8 Å². The molecule has 1 amide bonds. The van der Waals surface area contributed by atoms with Crippen LogP contribution < -0.4 is 19.5 Å². The molecular weight excluding hydrogens is 446 g/mol. The van der Waals surface area contributed by atoms with Crippen molar-refractivity contribution < 1.29 is 28.5 Å². The van der Waals surface area contributed by atoms with Gasteiger partial charge < -0.3 is 29.1 Å². The molecule has 2 aromatic carbocycles. The maximum Gasteiger partial charge on any atom is 0.408 e. The molecule has 0 radical (unpaired) electrons. The molecule has 35 heavy (non-hydrogen) atoms. The van der Waals surface area contributed by atoms with E-state index < -0.39 is 17.7 Å². The van der Waals surface area contributed by atoms with Crippen molar-refractivity contribution in [3.05, 3.63) is 53.6 Å². The summed E-state index contributed by atoms with van der Waals surface area (Å²) in [4.78, 5) is 23.9. The van der Waals surface area contributed by atoms with Crippen LogP contribution in [0.1, 0.15) is 52.2 Å². The van der Waals surface area contributed by atoms with Crippen molar-refractivity contribution in [1.82, 2.24) is 5.32 Å². The van der Waals surface area contributed by atoms with E-state index >= 15 is 0 Å². The van der Waals surface area contributed by atoms with Gasteiger partial charge in [0.2, 0.25) is 5.75 Å². The Kier molecular flexibility index (Phi) is 9.01. The van der Waals surface area contributed by atoms with Crippen molar-refractivity contribution in [1.29, 1.82) is 0 Å². The molecule has 0 aromatic heterocycles. The van der Waals surface area contributed by atoms with Crippen LogP contribution in [0.2, 0.25) is 0 Å². The number of hydrogen-bond acceptors (Lipinski definition) is 6. The number of alkyl carbamates (subject to hydrolysis) is 1. The second kappa shape index (κ2) is 12.0. The second-order valence-electron chi connectivity index (χ2n) is 10.2. The Labute approximate surface area is 208 Å². The molecule has 2 atom stereocenters. The average molecular weight is 484 g/mol. The Morgan fingerprint density at radius 2 is 1.80 bits per heavy atom. The molecule has 1 aliphatic rings. The summed E-state index contributed by atoms with van der Waals surface area (Å²) in [6.45, 7) is 11.0. The van der Waals surface area contributed by atoms with Gasteiger partial charge in [-0.3, -0.25) is 0 Å². The highest BCUT2D eigenvalue weighted by atomic mass is 16.6. The molecule has 0 aliphatic carbocycles. The Balaban J connectivity index is 1.75. The molecule has 7 nitrogen and oxygen atoms in total. The molecule has 0 fully saturated rings. The molecule has 3 rings (SSSR count). The Morgan fingerprint density at radius 3 is 2.46 bits per heavy atom. The number of aldehydes is 1. The fraction of sp³-hybridized carbons (Fsp3) is 0.500. The average Bonchev–Trinajstić information content (AvgIpc) is 2.81. The number of carbonyl (C=O) groups excluding carboxylic acids is 2. The van der Waals surface area contributed by atoms with E-state index in [1.165, 1.54) is 0 Å². The van der Waals surface area contributed by atoms with Crippen LogP contribution in [0, 0.1) is 11.8 Å². The fourth-order valence-corrected chi connectivity index (χ4v) is 3.96. The van der Waals surface area contributed by atoms with Gasteiger partial charge in [-0.05, 0) is 68.7 Å². The van der Waals surface area contributed by atoms with Gasteiger partial charge in [-0.15, -0.1) is 0 Å². The third kappa shape index (κ3) is 8.19. The molecule has 1 heterocycles. The van der Waals surface area contributed by atoms with E-state index in [2.05, 4.69) is 19.2 Å². The van der Waals surface area contributed by atoms with E-state index in [1.807, 2.05) is 42.5 Å². The molecule has 1 N–H and O–H groups in total. The lowest BCUT2D eigenvalue weighted by Crippen LogP contribution is -2.41. The predicted octanol–water partition coefficient (Wildman–Crippen LogP) is 5.33. The van der Waals surface area contributed by atoms with E-state index in [9.17, 15) is 9.59 Å². The van der Waals surface area contributed by atoms with Gasteiger partial charge in [-0.25, -0.2) is 4.79 Å². The number of fused-ring (bicyclic) bond motifs is 1. The van der Waals surface area contributed by atoms with Gasteiger partial charge in [0.15, 0.2) is 11.5 Å². The summed E-state index contributed by atoms with van der Waals surface area (Å²) in [7, 11) is 0. The molecule has 190 valence electrons. The summed E-state index contributed by atoms with van der Waals surface area (Å²) >= 11 is 0. The number of amides is 1. The van der Waals surface area contributed by atoms with E-state index in [-0.39, 0.29) is 11.8 Å². The number of hydrogen-bond donors (Lipinski definition) is 1. The summed E-state index contributed by atoms with van der Waals surface area (Å²) in [6.07, 6.45) is 1.37. The van der Waals surface area contributed by atoms with Crippen molar-refractivity contribution in [3.63, 3.8) is 0 Å². The quantitative estimate of drug-likeness (QED) is 0.460. The normalized spacial score (nSPS) is 14.7. The third-order valence-corrected chi connectivity index (χ3v) is 5.77. The van der Waals surface area contributed by atoms with Gasteiger partial charge in [0, 0.05) is 0 Å². The van der Waals surface area contributed by atoms with Crippen LogP contribution in [0.25, 0.3) is 0 Å². The van der Waals surface area contributed by atoms with Crippen molar-refractivity contribution >= 4 is 12.4 Å². The minimum Gasteiger partial charge on any atom is -0.486 e. The minimum absolute atomic E-state index is 0.129. The van der Waals surface area contributed by atoms with Crippen LogP contribution in [0.3, 0.4) is 0 Å². The summed E-state index contributed by atoms with van der Waals surface area (Å²) < 4.78 is 23.2. The number of ether oxygens (including phenoxy) is 4. The van der Waals surface area contributed by atoms with Crippen molar-refractivity contribution in [3.8, 4) is 17.2 Å². The highest BCUT2D eigenvalue weighted by Gasteiger charge is 2.26. The van der Waals surface area contributed by atoms with E-state index in [0.717, 1.165) is 17.4 Å². The SMILES string of the molecule is CC(C)C(Cc1cc2c(c(OCc3ccccc3)c1)OCCO2)CC(C=O)NC(=O)OC(C)(C)C. The summed E-state index contributed by atoms with van der Waals surface area (Å²) in [5.74, 6) is 2.33. The monoisotopic (exact) mass is 483 g/mol. The summed E-state index contributed by atoms with van der Waals surface area (Å²) in [6, 6.07) is 13.3. The molecule has 0 saturated carbocycles. The van der Waals surface area contributed by atoms with Gasteiger partial charge in [0.1, 0.15) is 31.7 Å². The molecule has 0 bridgehead atoms. The number of carbonyl (C=O) groups is 2. The maximum atomic E-state index is 12.2. The number of nitrogens with one attached hydrogen (secondary N) is 1. The van der Waals surface area contributed by atoms with Crippen LogP contribution in [-0.4, -0.2) is 37.2 Å². The largest absolute Gasteiger partial charge is 0.486 e. The topological polar surface area (TPSA) is 83.1 Å². The fourth-order valence-electron chi connectivity index (χ4n) is 3.96. The first-order chi connectivity index (χ1) is 16.6. The first kappa shape index (κ1) is 26.4. The Hall–Kier alpha value is -3.22. The first-order valence-electron chi connectivity index (χ1n) is 12.2. The minimum atomic E-state index is -0.636. The molecule has 7 heteroatoms. The van der Waals surface area contributed by atoms with Gasteiger partial charge in [0.05, 0.1) is 6.04 Å². The van der Waals surface area contributed by atoms with Gasteiger partial charge in [0.25, 0.3) is 0 Å². The van der Waals surface area contributed by atoms with Crippen LogP contribution in [0.4, 0.5) is 4.79 Å². The van der Waals surface area contributed by atoms with Gasteiger partial charge >= 0.3 is 6.09 Å². The molecular formula is C28H37NO6. The molecule has 2 aromatic rings. The summed E-state index contributed by atoms with van der Waals surface area (Å²) in [5, 5.41) is 2.70. The zero-order valence-electron chi connectivity index (χ0n) is 21.3. The van der Waals surface area contributed by atoms with Crippen LogP contribution in [0.5, 0.6) is 17.2 Å². The number of rotatable bonds is 10. The smallest absolute Gasteiger partial charge is 0.408 e. The lowest BCUT2D eigenvalue weighted by Gasteiger charge is -2.27. The van der Waals surface area contributed by atoms with Gasteiger partial charge in [-0.1, -0.05) is 44.2 Å². The standard InChI is InChI=1S/C28H37NO6/c1-19(2)22(16-23(17-30)29-27(31)35-28(3,4)5)13-21-14-24-26(33-12-11-32-24)25(15-21)34-18-20-9-7-6-8-10-20/h6-10,14-15,17,19,22-23H,11-13,16,18H2,1-5H3,(H,29,31). The van der Waals surface area contributed by atoms with Crippen LogP contribution in [0.15, 0.2) is 42.5 Å². The van der Waals surface area contributed by atoms with Crippen molar-refractivity contribution in [2.24, 2.45) is 11.8 Å². The Bertz CT molecular complexity index is 983. The van der Waals surface area contributed by atoms with E-state index in [0.29, 0.717) is 49.9 Å². The zero-order chi connectivity index (χ0) is 25.4. The van der Waals surface area contributed by atoms with Crippen molar-refractivity contribution in [2.75, 3.05) is 13.2 Å². The van der Waals surface area contributed by atoms with E-state index in [4.69, 9.17) is 18.9 Å². The maximum absolute atomic E-state index is 12.2. The van der Waals surface area contributed by atoms with Crippen LogP contribution >= 0.6 is 0 Å². The first-order valence-corrected chi connectivity index (χ1v) is 12.2. The molecule has 2 unspecified atom stereocenters. The predicted molar refractivity (Wildman–Crippen MR) is 134 cm³/mol.